The molecule has 1 atom stereocenters. The summed E-state index contributed by atoms with van der Waals surface area (Å²) in [5.41, 5.74) is 3.80. The Hall–Kier alpha value is -1.55. The van der Waals surface area contributed by atoms with Crippen molar-refractivity contribution in [3.8, 4) is 0 Å². The summed E-state index contributed by atoms with van der Waals surface area (Å²) >= 11 is 6.54. The molecule has 1 aliphatic rings. The molecule has 1 heterocycles. The minimum Gasteiger partial charge on any atom is -0.369 e. The quantitative estimate of drug-likeness (QED) is 0.830. The average molecular weight is 358 g/mol. The molecule has 1 aliphatic heterocycles. The van der Waals surface area contributed by atoms with Crippen LogP contribution in [0.15, 0.2) is 48.5 Å². The van der Waals surface area contributed by atoms with Crippen LogP contribution in [-0.4, -0.2) is 37.6 Å². The fourth-order valence-corrected chi connectivity index (χ4v) is 3.82. The summed E-state index contributed by atoms with van der Waals surface area (Å²) in [6.07, 6.45) is 0. The normalized spacial score (nSPS) is 16.8. The van der Waals surface area contributed by atoms with Crippen LogP contribution in [0.25, 0.3) is 0 Å². The van der Waals surface area contributed by atoms with Gasteiger partial charge in [0.25, 0.3) is 0 Å². The van der Waals surface area contributed by atoms with Crippen LogP contribution < -0.4 is 10.2 Å². The second-order valence-electron chi connectivity index (χ2n) is 6.73. The van der Waals surface area contributed by atoms with Crippen LogP contribution in [0.3, 0.4) is 0 Å². The van der Waals surface area contributed by atoms with Gasteiger partial charge >= 0.3 is 0 Å². The standard InChI is InChI=1S/C21H28ClN3/c1-3-23-17(2)20-10-9-19(15-21(20)22)25-13-11-24(12-14-25)16-18-7-5-4-6-8-18/h4-10,15,17,23H,3,11-14,16H2,1-2H3. The second kappa shape index (κ2) is 8.70. The summed E-state index contributed by atoms with van der Waals surface area (Å²) in [5, 5.41) is 4.28. The number of nitrogens with one attached hydrogen (secondary N) is 1. The van der Waals surface area contributed by atoms with Crippen molar-refractivity contribution in [3.05, 3.63) is 64.7 Å². The van der Waals surface area contributed by atoms with Gasteiger partial charge in [-0.1, -0.05) is 54.9 Å². The molecular weight excluding hydrogens is 330 g/mol. The maximum Gasteiger partial charge on any atom is 0.0474 e. The van der Waals surface area contributed by atoms with Crippen molar-refractivity contribution in [2.24, 2.45) is 0 Å². The fourth-order valence-electron chi connectivity index (χ4n) is 3.49. The van der Waals surface area contributed by atoms with Crippen LogP contribution in [0.2, 0.25) is 5.02 Å². The zero-order valence-corrected chi connectivity index (χ0v) is 16.0. The molecule has 0 bridgehead atoms. The molecule has 25 heavy (non-hydrogen) atoms. The van der Waals surface area contributed by atoms with Crippen molar-refractivity contribution in [1.82, 2.24) is 10.2 Å². The lowest BCUT2D eigenvalue weighted by Crippen LogP contribution is -2.46. The highest BCUT2D eigenvalue weighted by molar-refractivity contribution is 6.31. The molecule has 0 aliphatic carbocycles. The summed E-state index contributed by atoms with van der Waals surface area (Å²) in [6, 6.07) is 17.5. The predicted molar refractivity (Wildman–Crippen MR) is 107 cm³/mol. The molecule has 0 spiro atoms. The number of halogens is 1. The molecule has 0 radical (unpaired) electrons. The van der Waals surface area contributed by atoms with Gasteiger partial charge in [0.1, 0.15) is 0 Å². The Balaban J connectivity index is 1.58. The summed E-state index contributed by atoms with van der Waals surface area (Å²) in [5.74, 6) is 0. The summed E-state index contributed by atoms with van der Waals surface area (Å²) in [4.78, 5) is 4.96. The highest BCUT2D eigenvalue weighted by Crippen LogP contribution is 2.28. The van der Waals surface area contributed by atoms with Gasteiger partial charge in [-0.15, -0.1) is 0 Å². The van der Waals surface area contributed by atoms with Gasteiger partial charge in [0.2, 0.25) is 0 Å². The predicted octanol–water partition coefficient (Wildman–Crippen LogP) is 4.33. The van der Waals surface area contributed by atoms with E-state index in [4.69, 9.17) is 11.6 Å². The van der Waals surface area contributed by atoms with Crippen LogP contribution in [0, 0.1) is 0 Å². The van der Waals surface area contributed by atoms with Gasteiger partial charge in [-0.2, -0.15) is 0 Å². The Morgan fingerprint density at radius 1 is 1.04 bits per heavy atom. The number of piperazine rings is 1. The van der Waals surface area contributed by atoms with E-state index >= 15 is 0 Å². The van der Waals surface area contributed by atoms with Crippen molar-refractivity contribution in [1.29, 1.82) is 0 Å². The Labute approximate surface area is 156 Å². The van der Waals surface area contributed by atoms with Crippen LogP contribution in [-0.2, 0) is 6.54 Å². The molecule has 134 valence electrons. The number of benzene rings is 2. The molecule has 3 rings (SSSR count). The van der Waals surface area contributed by atoms with Crippen LogP contribution in [0.1, 0.15) is 31.0 Å². The van der Waals surface area contributed by atoms with E-state index < -0.39 is 0 Å². The minimum atomic E-state index is 0.286. The largest absolute Gasteiger partial charge is 0.369 e. The van der Waals surface area contributed by atoms with E-state index in [1.54, 1.807) is 0 Å². The first-order valence-corrected chi connectivity index (χ1v) is 9.59. The third kappa shape index (κ3) is 4.75. The van der Waals surface area contributed by atoms with Crippen molar-refractivity contribution in [2.45, 2.75) is 26.4 Å². The highest BCUT2D eigenvalue weighted by atomic mass is 35.5. The third-order valence-electron chi connectivity index (χ3n) is 4.95. The van der Waals surface area contributed by atoms with E-state index in [0.29, 0.717) is 0 Å². The highest BCUT2D eigenvalue weighted by Gasteiger charge is 2.18. The number of hydrogen-bond acceptors (Lipinski definition) is 3. The molecule has 0 amide bonds. The maximum atomic E-state index is 6.54. The number of rotatable bonds is 6. The van der Waals surface area contributed by atoms with E-state index in [-0.39, 0.29) is 6.04 Å². The summed E-state index contributed by atoms with van der Waals surface area (Å²) < 4.78 is 0. The smallest absolute Gasteiger partial charge is 0.0474 e. The Bertz CT molecular complexity index is 666. The van der Waals surface area contributed by atoms with E-state index in [2.05, 4.69) is 77.5 Å². The molecule has 1 saturated heterocycles. The van der Waals surface area contributed by atoms with Crippen molar-refractivity contribution in [3.63, 3.8) is 0 Å². The third-order valence-corrected chi connectivity index (χ3v) is 5.27. The first-order valence-electron chi connectivity index (χ1n) is 9.21. The zero-order valence-electron chi connectivity index (χ0n) is 15.2. The van der Waals surface area contributed by atoms with Gasteiger partial charge in [-0.05, 0) is 36.7 Å². The molecule has 0 aromatic heterocycles. The van der Waals surface area contributed by atoms with Crippen molar-refractivity contribution >= 4 is 17.3 Å². The van der Waals surface area contributed by atoms with Gasteiger partial charge in [-0.25, -0.2) is 0 Å². The monoisotopic (exact) mass is 357 g/mol. The number of anilines is 1. The molecule has 0 saturated carbocycles. The first-order chi connectivity index (χ1) is 12.2. The summed E-state index contributed by atoms with van der Waals surface area (Å²) in [6.45, 7) is 10.5. The molecular formula is C21H28ClN3. The van der Waals surface area contributed by atoms with Gasteiger partial charge in [0.15, 0.2) is 0 Å². The molecule has 1 unspecified atom stereocenters. The summed E-state index contributed by atoms with van der Waals surface area (Å²) in [7, 11) is 0. The van der Waals surface area contributed by atoms with Crippen molar-refractivity contribution < 1.29 is 0 Å². The van der Waals surface area contributed by atoms with E-state index in [9.17, 15) is 0 Å². The Kier molecular flexibility index (Phi) is 6.35. The lowest BCUT2D eigenvalue weighted by atomic mass is 10.1. The Morgan fingerprint density at radius 2 is 1.76 bits per heavy atom. The topological polar surface area (TPSA) is 18.5 Å². The van der Waals surface area contributed by atoms with Crippen LogP contribution >= 0.6 is 11.6 Å². The average Bonchev–Trinajstić information content (AvgIpc) is 2.63. The zero-order chi connectivity index (χ0) is 17.6. The number of hydrogen-bond donors (Lipinski definition) is 1. The fraction of sp³-hybridized carbons (Fsp3) is 0.429. The van der Waals surface area contributed by atoms with E-state index in [1.807, 2.05) is 0 Å². The SMILES string of the molecule is CCNC(C)c1ccc(N2CCN(Cc3ccccc3)CC2)cc1Cl. The Morgan fingerprint density at radius 3 is 2.40 bits per heavy atom. The van der Waals surface area contributed by atoms with Crippen LogP contribution in [0.4, 0.5) is 5.69 Å². The van der Waals surface area contributed by atoms with E-state index in [0.717, 1.165) is 44.3 Å². The molecule has 2 aromatic carbocycles. The van der Waals surface area contributed by atoms with Crippen LogP contribution in [0.5, 0.6) is 0 Å². The maximum absolute atomic E-state index is 6.54. The molecule has 2 aromatic rings. The van der Waals surface area contributed by atoms with Gasteiger partial charge < -0.3 is 10.2 Å². The second-order valence-corrected chi connectivity index (χ2v) is 7.14. The number of nitrogens with zero attached hydrogens (tertiary/aromatic N) is 2. The lowest BCUT2D eigenvalue weighted by Gasteiger charge is -2.36. The molecule has 1 N–H and O–H groups in total. The first kappa shape index (κ1) is 18.2. The minimum absolute atomic E-state index is 0.286. The van der Waals surface area contributed by atoms with Gasteiger partial charge in [-0.3, -0.25) is 4.90 Å². The van der Waals surface area contributed by atoms with Crippen molar-refractivity contribution in [2.75, 3.05) is 37.6 Å². The lowest BCUT2D eigenvalue weighted by molar-refractivity contribution is 0.250. The van der Waals surface area contributed by atoms with E-state index in [1.165, 1.54) is 16.8 Å². The molecule has 1 fully saturated rings. The molecule has 4 heteroatoms. The van der Waals surface area contributed by atoms with Gasteiger partial charge in [0.05, 0.1) is 0 Å². The van der Waals surface area contributed by atoms with Gasteiger partial charge in [0, 0.05) is 49.5 Å². The molecule has 3 nitrogen and oxygen atoms in total.